The molecule has 23 heavy (non-hydrogen) atoms. The minimum Gasteiger partial charge on any atom is -0.490 e. The van der Waals surface area contributed by atoms with Crippen LogP contribution in [-0.4, -0.2) is 19.0 Å². The highest BCUT2D eigenvalue weighted by Gasteiger charge is 2.09. The van der Waals surface area contributed by atoms with E-state index < -0.39 is 0 Å². The molecular formula is C18H22N2O3. The van der Waals surface area contributed by atoms with E-state index >= 15 is 0 Å². The number of nitrogens with two attached hydrogens (primary N) is 2. The molecule has 0 unspecified atom stereocenters. The summed E-state index contributed by atoms with van der Waals surface area (Å²) in [5, 5.41) is 0. The first-order valence-electron chi connectivity index (χ1n) is 7.52. The predicted molar refractivity (Wildman–Crippen MR) is 91.9 cm³/mol. The Kier molecular flexibility index (Phi) is 5.46. The Morgan fingerprint density at radius 1 is 1.00 bits per heavy atom. The van der Waals surface area contributed by atoms with Crippen molar-refractivity contribution in [2.45, 2.75) is 13.8 Å². The fraction of sp³-hybridized carbons (Fsp3) is 0.278. The highest BCUT2D eigenvalue weighted by atomic mass is 16.5. The first-order valence-corrected chi connectivity index (χ1v) is 7.52. The van der Waals surface area contributed by atoms with Gasteiger partial charge in [0, 0.05) is 17.2 Å². The lowest BCUT2D eigenvalue weighted by molar-refractivity contribution is 0.0939. The number of carbonyl (C=O) groups is 1. The number of benzene rings is 2. The summed E-state index contributed by atoms with van der Waals surface area (Å²) in [5.41, 5.74) is 13.2. The Morgan fingerprint density at radius 2 is 1.65 bits per heavy atom. The number of ether oxygens (including phenoxy) is 2. The third-order valence-electron chi connectivity index (χ3n) is 3.31. The number of rotatable bonds is 7. The molecule has 2 rings (SSSR count). The number of ketones is 1. The highest BCUT2D eigenvalue weighted by Crippen LogP contribution is 2.23. The number of Topliss-reactive ketones (excluding diaryl/α,β-unsaturated/α-hetero) is 1. The maximum Gasteiger partial charge on any atom is 0.165 e. The van der Waals surface area contributed by atoms with Crippen LogP contribution in [0.5, 0.6) is 11.5 Å². The average Bonchev–Trinajstić information content (AvgIpc) is 2.53. The SMILES string of the molecule is CC(C)C(=O)c1ccc(OCCOc2ccc(N)cc2N)cc1. The molecule has 0 amide bonds. The molecule has 5 nitrogen and oxygen atoms in total. The van der Waals surface area contributed by atoms with E-state index in [1.54, 1.807) is 42.5 Å². The second-order valence-corrected chi connectivity index (χ2v) is 5.54. The third-order valence-corrected chi connectivity index (χ3v) is 3.31. The maximum atomic E-state index is 11.8. The first kappa shape index (κ1) is 16.7. The second kappa shape index (κ2) is 7.54. The van der Waals surface area contributed by atoms with Gasteiger partial charge >= 0.3 is 0 Å². The van der Waals surface area contributed by atoms with Crippen LogP contribution in [-0.2, 0) is 0 Å². The highest BCUT2D eigenvalue weighted by molar-refractivity contribution is 5.97. The largest absolute Gasteiger partial charge is 0.490 e. The van der Waals surface area contributed by atoms with Crippen LogP contribution < -0.4 is 20.9 Å². The summed E-state index contributed by atoms with van der Waals surface area (Å²) >= 11 is 0. The Balaban J connectivity index is 1.81. The minimum atomic E-state index is -0.0134. The van der Waals surface area contributed by atoms with E-state index in [1.165, 1.54) is 0 Å². The molecule has 0 radical (unpaired) electrons. The van der Waals surface area contributed by atoms with Gasteiger partial charge < -0.3 is 20.9 Å². The molecule has 0 spiro atoms. The van der Waals surface area contributed by atoms with Gasteiger partial charge in [-0.3, -0.25) is 4.79 Å². The summed E-state index contributed by atoms with van der Waals surface area (Å²) < 4.78 is 11.1. The molecule has 0 fully saturated rings. The molecule has 0 atom stereocenters. The molecule has 2 aromatic carbocycles. The number of hydrogen-bond acceptors (Lipinski definition) is 5. The zero-order valence-corrected chi connectivity index (χ0v) is 13.4. The van der Waals surface area contributed by atoms with E-state index in [2.05, 4.69) is 0 Å². The molecule has 0 saturated carbocycles. The molecule has 122 valence electrons. The summed E-state index contributed by atoms with van der Waals surface area (Å²) in [6.07, 6.45) is 0. The zero-order valence-electron chi connectivity index (χ0n) is 13.4. The van der Waals surface area contributed by atoms with Gasteiger partial charge in [-0.25, -0.2) is 0 Å². The lowest BCUT2D eigenvalue weighted by atomic mass is 10.0. The number of hydrogen-bond donors (Lipinski definition) is 2. The van der Waals surface area contributed by atoms with Gasteiger partial charge in [0.25, 0.3) is 0 Å². The van der Waals surface area contributed by atoms with E-state index in [-0.39, 0.29) is 11.7 Å². The van der Waals surface area contributed by atoms with E-state index in [0.717, 1.165) is 0 Å². The summed E-state index contributed by atoms with van der Waals surface area (Å²) in [7, 11) is 0. The van der Waals surface area contributed by atoms with Gasteiger partial charge in [-0.05, 0) is 42.5 Å². The van der Waals surface area contributed by atoms with E-state index in [1.807, 2.05) is 13.8 Å². The zero-order chi connectivity index (χ0) is 16.8. The molecule has 0 saturated heterocycles. The van der Waals surface area contributed by atoms with Crippen LogP contribution in [0.15, 0.2) is 42.5 Å². The third kappa shape index (κ3) is 4.64. The minimum absolute atomic E-state index is 0.0134. The van der Waals surface area contributed by atoms with Crippen molar-refractivity contribution >= 4 is 17.2 Å². The van der Waals surface area contributed by atoms with E-state index in [4.69, 9.17) is 20.9 Å². The quantitative estimate of drug-likeness (QED) is 0.465. The molecule has 0 bridgehead atoms. The maximum absolute atomic E-state index is 11.8. The van der Waals surface area contributed by atoms with Crippen molar-refractivity contribution < 1.29 is 14.3 Å². The lowest BCUT2D eigenvalue weighted by Gasteiger charge is -2.11. The summed E-state index contributed by atoms with van der Waals surface area (Å²) in [4.78, 5) is 11.8. The Hall–Kier alpha value is -2.69. The Labute approximate surface area is 136 Å². The van der Waals surface area contributed by atoms with Gasteiger partial charge in [0.1, 0.15) is 24.7 Å². The van der Waals surface area contributed by atoms with E-state index in [9.17, 15) is 4.79 Å². The monoisotopic (exact) mass is 314 g/mol. The Bertz CT molecular complexity index is 666. The molecule has 2 aromatic rings. The van der Waals surface area contributed by atoms with Gasteiger partial charge in [-0.2, -0.15) is 0 Å². The van der Waals surface area contributed by atoms with Crippen LogP contribution in [0.3, 0.4) is 0 Å². The van der Waals surface area contributed by atoms with Crippen molar-refractivity contribution in [3.05, 3.63) is 48.0 Å². The normalized spacial score (nSPS) is 10.6. The van der Waals surface area contributed by atoms with E-state index in [0.29, 0.717) is 41.7 Å². The van der Waals surface area contributed by atoms with Crippen LogP contribution in [0.2, 0.25) is 0 Å². The fourth-order valence-corrected chi connectivity index (χ4v) is 2.06. The van der Waals surface area contributed by atoms with Crippen molar-refractivity contribution in [1.82, 2.24) is 0 Å². The molecule has 5 heteroatoms. The van der Waals surface area contributed by atoms with Gasteiger partial charge in [-0.1, -0.05) is 13.8 Å². The number of carbonyl (C=O) groups excluding carboxylic acids is 1. The standard InChI is InChI=1S/C18H22N2O3/c1-12(2)18(21)13-3-6-15(7-4-13)22-9-10-23-17-8-5-14(19)11-16(17)20/h3-8,11-12H,9-10,19-20H2,1-2H3. The molecule has 4 N–H and O–H groups in total. The van der Waals surface area contributed by atoms with Crippen molar-refractivity contribution in [3.63, 3.8) is 0 Å². The topological polar surface area (TPSA) is 87.6 Å². The van der Waals surface area contributed by atoms with Gasteiger partial charge in [0.05, 0.1) is 5.69 Å². The van der Waals surface area contributed by atoms with Crippen molar-refractivity contribution in [2.24, 2.45) is 5.92 Å². The summed E-state index contributed by atoms with van der Waals surface area (Å²) in [6, 6.07) is 12.2. The van der Waals surface area contributed by atoms with Gasteiger partial charge in [0.2, 0.25) is 0 Å². The fourth-order valence-electron chi connectivity index (χ4n) is 2.06. The molecular weight excluding hydrogens is 292 g/mol. The van der Waals surface area contributed by atoms with Gasteiger partial charge in [0.15, 0.2) is 5.78 Å². The molecule has 0 aliphatic heterocycles. The average molecular weight is 314 g/mol. The van der Waals surface area contributed by atoms with Crippen LogP contribution in [0, 0.1) is 5.92 Å². The van der Waals surface area contributed by atoms with Crippen LogP contribution >= 0.6 is 0 Å². The molecule has 0 aliphatic carbocycles. The van der Waals surface area contributed by atoms with Crippen LogP contribution in [0.4, 0.5) is 11.4 Å². The van der Waals surface area contributed by atoms with Crippen LogP contribution in [0.25, 0.3) is 0 Å². The molecule has 0 heterocycles. The smallest absolute Gasteiger partial charge is 0.165 e. The summed E-state index contributed by atoms with van der Waals surface area (Å²) in [5.74, 6) is 1.39. The van der Waals surface area contributed by atoms with Crippen molar-refractivity contribution in [2.75, 3.05) is 24.7 Å². The lowest BCUT2D eigenvalue weighted by Crippen LogP contribution is -2.10. The molecule has 0 aromatic heterocycles. The second-order valence-electron chi connectivity index (χ2n) is 5.54. The predicted octanol–water partition coefficient (Wildman–Crippen LogP) is 3.15. The number of nitrogen functional groups attached to an aromatic ring is 2. The van der Waals surface area contributed by atoms with Gasteiger partial charge in [-0.15, -0.1) is 0 Å². The molecule has 0 aliphatic rings. The van der Waals surface area contributed by atoms with Crippen molar-refractivity contribution in [1.29, 1.82) is 0 Å². The Morgan fingerprint density at radius 3 is 2.26 bits per heavy atom. The van der Waals surface area contributed by atoms with Crippen molar-refractivity contribution in [3.8, 4) is 11.5 Å². The summed E-state index contributed by atoms with van der Waals surface area (Å²) in [6.45, 7) is 4.50. The van der Waals surface area contributed by atoms with Crippen LogP contribution in [0.1, 0.15) is 24.2 Å². The first-order chi connectivity index (χ1) is 11.0. The number of anilines is 2.